The van der Waals surface area contributed by atoms with Crippen LogP contribution in [0.25, 0.3) is 0 Å². The Balaban J connectivity index is 1.92. The molecule has 0 radical (unpaired) electrons. The highest BCUT2D eigenvalue weighted by Gasteiger charge is 2.14. The molecule has 2 aromatic carbocycles. The molecule has 0 saturated heterocycles. The van der Waals surface area contributed by atoms with Crippen molar-refractivity contribution < 1.29 is 19.2 Å². The molecule has 0 saturated carbocycles. The second-order valence-corrected chi connectivity index (χ2v) is 6.46. The van der Waals surface area contributed by atoms with E-state index in [0.29, 0.717) is 27.8 Å². The number of anilines is 1. The lowest BCUT2D eigenvalue weighted by Crippen LogP contribution is -3.08. The molecule has 0 bridgehead atoms. The molecule has 0 aromatic heterocycles. The van der Waals surface area contributed by atoms with Crippen molar-refractivity contribution >= 4 is 40.8 Å². The lowest BCUT2D eigenvalue weighted by atomic mass is 10.1. The van der Waals surface area contributed by atoms with E-state index in [9.17, 15) is 9.59 Å². The van der Waals surface area contributed by atoms with Gasteiger partial charge in [0.05, 0.1) is 35.5 Å². The van der Waals surface area contributed by atoms with Crippen LogP contribution in [0.5, 0.6) is 0 Å². The lowest BCUT2D eigenvalue weighted by molar-refractivity contribution is -0.885. The molecule has 2 aromatic rings. The highest BCUT2D eigenvalue weighted by atomic mass is 35.5. The highest BCUT2D eigenvalue weighted by molar-refractivity contribution is 6.39. The molecule has 2 rings (SSSR count). The van der Waals surface area contributed by atoms with Gasteiger partial charge in [0.15, 0.2) is 6.54 Å². The fourth-order valence-corrected chi connectivity index (χ4v) is 2.85. The Hall–Kier alpha value is -2.08. The van der Waals surface area contributed by atoms with Crippen molar-refractivity contribution in [3.05, 3.63) is 63.6 Å². The molecule has 0 heterocycles. The average Bonchev–Trinajstić information content (AvgIpc) is 2.58. The van der Waals surface area contributed by atoms with Crippen molar-refractivity contribution in [1.82, 2.24) is 0 Å². The van der Waals surface area contributed by atoms with Gasteiger partial charge >= 0.3 is 5.97 Å². The topological polar surface area (TPSA) is 59.8 Å². The number of carbonyl (C=O) groups is 2. The molecule has 5 nitrogen and oxygen atoms in total. The van der Waals surface area contributed by atoms with Crippen LogP contribution in [0.15, 0.2) is 42.5 Å². The Morgan fingerprint density at radius 2 is 1.68 bits per heavy atom. The van der Waals surface area contributed by atoms with Crippen molar-refractivity contribution in [2.45, 2.75) is 6.54 Å². The third kappa shape index (κ3) is 5.46. The average molecular weight is 382 g/mol. The highest BCUT2D eigenvalue weighted by Crippen LogP contribution is 2.29. The maximum absolute atomic E-state index is 12.2. The minimum Gasteiger partial charge on any atom is -0.465 e. The first-order chi connectivity index (χ1) is 11.9. The molecule has 1 atom stereocenters. The van der Waals surface area contributed by atoms with Gasteiger partial charge in [0.25, 0.3) is 5.91 Å². The van der Waals surface area contributed by atoms with Crippen LogP contribution in [-0.4, -0.2) is 32.6 Å². The van der Waals surface area contributed by atoms with Gasteiger partial charge in [-0.15, -0.1) is 0 Å². The Morgan fingerprint density at radius 1 is 1.08 bits per heavy atom. The summed E-state index contributed by atoms with van der Waals surface area (Å²) in [5.41, 5.74) is 1.93. The number of para-hydroxylation sites is 1. The Kier molecular flexibility index (Phi) is 6.82. The number of methoxy groups -OCH3 is 1. The Labute approximate surface area is 156 Å². The maximum Gasteiger partial charge on any atom is 0.337 e. The number of hydrogen-bond acceptors (Lipinski definition) is 3. The third-order valence-electron chi connectivity index (χ3n) is 3.57. The van der Waals surface area contributed by atoms with Gasteiger partial charge in [-0.2, -0.15) is 0 Å². The summed E-state index contributed by atoms with van der Waals surface area (Å²) in [7, 11) is 3.25. The van der Waals surface area contributed by atoms with Crippen molar-refractivity contribution in [3.8, 4) is 0 Å². The minimum absolute atomic E-state index is 0.182. The molecule has 1 unspecified atom stereocenters. The number of rotatable bonds is 6. The number of likely N-dealkylation sites (N-methyl/N-ethyl adjacent to an activating group) is 1. The van der Waals surface area contributed by atoms with E-state index in [-0.39, 0.29) is 18.4 Å². The SMILES string of the molecule is COC(=O)c1ccc(C[NH+](C)CC(=O)Nc2c(Cl)cccc2Cl)cc1. The van der Waals surface area contributed by atoms with E-state index in [0.717, 1.165) is 10.5 Å². The summed E-state index contributed by atoms with van der Waals surface area (Å²) in [6, 6.07) is 12.2. The number of carbonyl (C=O) groups excluding carboxylic acids is 2. The number of amides is 1. The third-order valence-corrected chi connectivity index (χ3v) is 4.20. The molecule has 0 aliphatic carbocycles. The molecular weight excluding hydrogens is 363 g/mol. The quantitative estimate of drug-likeness (QED) is 0.755. The standard InChI is InChI=1S/C18H18Cl2N2O3/c1-22(10-12-6-8-13(9-7-12)18(24)25-2)11-16(23)21-17-14(19)4-3-5-15(17)20/h3-9H,10-11H2,1-2H3,(H,21,23)/p+1. The molecule has 0 aliphatic heterocycles. The summed E-state index contributed by atoms with van der Waals surface area (Å²) in [5.74, 6) is -0.554. The predicted molar refractivity (Wildman–Crippen MR) is 98.3 cm³/mol. The lowest BCUT2D eigenvalue weighted by Gasteiger charge is -2.15. The number of benzene rings is 2. The van der Waals surface area contributed by atoms with Crippen LogP contribution in [-0.2, 0) is 16.1 Å². The van der Waals surface area contributed by atoms with Crippen LogP contribution >= 0.6 is 23.2 Å². The second-order valence-electron chi connectivity index (χ2n) is 5.64. The summed E-state index contributed by atoms with van der Waals surface area (Å²) in [5, 5.41) is 3.54. The predicted octanol–water partition coefficient (Wildman–Crippen LogP) is 2.43. The van der Waals surface area contributed by atoms with Crippen LogP contribution < -0.4 is 10.2 Å². The van der Waals surface area contributed by atoms with E-state index in [2.05, 4.69) is 10.1 Å². The van der Waals surface area contributed by atoms with Gasteiger partial charge < -0.3 is 15.0 Å². The molecule has 0 aliphatic rings. The first-order valence-corrected chi connectivity index (χ1v) is 8.38. The van der Waals surface area contributed by atoms with Crippen LogP contribution in [0, 0.1) is 0 Å². The van der Waals surface area contributed by atoms with E-state index >= 15 is 0 Å². The minimum atomic E-state index is -0.372. The fourth-order valence-electron chi connectivity index (χ4n) is 2.36. The summed E-state index contributed by atoms with van der Waals surface area (Å²) in [4.78, 5) is 24.6. The van der Waals surface area contributed by atoms with Gasteiger partial charge in [0, 0.05) is 5.56 Å². The summed E-state index contributed by atoms with van der Waals surface area (Å²) in [6.45, 7) is 0.880. The number of esters is 1. The molecule has 25 heavy (non-hydrogen) atoms. The van der Waals surface area contributed by atoms with Gasteiger partial charge in [0.2, 0.25) is 0 Å². The molecular formula is C18H19Cl2N2O3+. The first-order valence-electron chi connectivity index (χ1n) is 7.63. The van der Waals surface area contributed by atoms with E-state index < -0.39 is 0 Å². The van der Waals surface area contributed by atoms with Crippen molar-refractivity contribution in [2.75, 3.05) is 26.0 Å². The maximum atomic E-state index is 12.2. The zero-order chi connectivity index (χ0) is 18.4. The number of hydrogen-bond donors (Lipinski definition) is 2. The monoisotopic (exact) mass is 381 g/mol. The van der Waals surface area contributed by atoms with Gasteiger partial charge in [-0.25, -0.2) is 4.79 Å². The molecule has 0 spiro atoms. The zero-order valence-corrected chi connectivity index (χ0v) is 15.4. The first kappa shape index (κ1) is 19.2. The van der Waals surface area contributed by atoms with E-state index in [4.69, 9.17) is 23.2 Å². The Bertz CT molecular complexity index is 743. The van der Waals surface area contributed by atoms with Crippen LogP contribution in [0.1, 0.15) is 15.9 Å². The smallest absolute Gasteiger partial charge is 0.337 e. The van der Waals surface area contributed by atoms with Crippen LogP contribution in [0.3, 0.4) is 0 Å². The van der Waals surface area contributed by atoms with E-state index in [1.807, 2.05) is 19.2 Å². The van der Waals surface area contributed by atoms with Crippen LogP contribution in [0.4, 0.5) is 5.69 Å². The fraction of sp³-hybridized carbons (Fsp3) is 0.222. The van der Waals surface area contributed by atoms with Crippen molar-refractivity contribution in [2.24, 2.45) is 0 Å². The molecule has 1 amide bonds. The molecule has 0 fully saturated rings. The van der Waals surface area contributed by atoms with Gasteiger partial charge in [-0.3, -0.25) is 4.79 Å². The number of ether oxygens (including phenoxy) is 1. The van der Waals surface area contributed by atoms with Gasteiger partial charge in [-0.05, 0) is 24.3 Å². The van der Waals surface area contributed by atoms with Gasteiger partial charge in [0.1, 0.15) is 6.54 Å². The normalized spacial score (nSPS) is 11.7. The number of nitrogens with one attached hydrogen (secondary N) is 2. The summed E-state index contributed by atoms with van der Waals surface area (Å²) in [6.07, 6.45) is 0. The molecule has 2 N–H and O–H groups in total. The number of halogens is 2. The zero-order valence-electron chi connectivity index (χ0n) is 13.9. The molecule has 132 valence electrons. The molecule has 7 heteroatoms. The largest absolute Gasteiger partial charge is 0.465 e. The van der Waals surface area contributed by atoms with Crippen molar-refractivity contribution in [3.63, 3.8) is 0 Å². The van der Waals surface area contributed by atoms with E-state index in [1.54, 1.807) is 30.3 Å². The van der Waals surface area contributed by atoms with Gasteiger partial charge in [-0.1, -0.05) is 41.4 Å². The number of quaternary nitrogens is 1. The van der Waals surface area contributed by atoms with E-state index in [1.165, 1.54) is 7.11 Å². The summed E-state index contributed by atoms with van der Waals surface area (Å²) < 4.78 is 4.67. The summed E-state index contributed by atoms with van der Waals surface area (Å²) >= 11 is 12.1. The van der Waals surface area contributed by atoms with Crippen molar-refractivity contribution in [1.29, 1.82) is 0 Å². The Morgan fingerprint density at radius 3 is 2.24 bits per heavy atom. The van der Waals surface area contributed by atoms with Crippen LogP contribution in [0.2, 0.25) is 10.0 Å². The second kappa shape index (κ2) is 8.85.